The number of benzene rings is 1. The lowest BCUT2D eigenvalue weighted by atomic mass is 10.2. The Hall–Kier alpha value is -1.88. The molecular formula is C13H16N4S. The minimum Gasteiger partial charge on any atom is -0.375 e. The predicted octanol–water partition coefficient (Wildman–Crippen LogP) is 2.22. The van der Waals surface area contributed by atoms with Crippen molar-refractivity contribution in [1.29, 1.82) is 0 Å². The number of hydrogen-bond acceptors (Lipinski definition) is 2. The zero-order valence-electron chi connectivity index (χ0n) is 10.3. The molecule has 4 nitrogen and oxygen atoms in total. The number of hydrazone groups is 1. The standard InChI is InChI=1S/C13H16N4S/c1-2-7-17-9-10(8-15-16-13(14)18)11-5-3-4-6-12(11)17/h3-6,8-9H,2,7H2,1H3,(H3,14,16,18). The molecule has 0 aliphatic rings. The van der Waals surface area contributed by atoms with Gasteiger partial charge in [-0.25, -0.2) is 0 Å². The summed E-state index contributed by atoms with van der Waals surface area (Å²) in [4.78, 5) is 0. The Labute approximate surface area is 111 Å². The van der Waals surface area contributed by atoms with Crippen LogP contribution in [0.15, 0.2) is 35.6 Å². The van der Waals surface area contributed by atoms with Gasteiger partial charge in [0, 0.05) is 29.2 Å². The first-order valence-corrected chi connectivity index (χ1v) is 6.29. The van der Waals surface area contributed by atoms with E-state index in [1.54, 1.807) is 6.21 Å². The van der Waals surface area contributed by atoms with Crippen LogP contribution in [0.4, 0.5) is 0 Å². The molecule has 2 aromatic rings. The Morgan fingerprint density at radius 2 is 2.28 bits per heavy atom. The van der Waals surface area contributed by atoms with Crippen molar-refractivity contribution in [3.8, 4) is 0 Å². The lowest BCUT2D eigenvalue weighted by Crippen LogP contribution is -2.23. The van der Waals surface area contributed by atoms with E-state index in [1.165, 1.54) is 10.9 Å². The van der Waals surface area contributed by atoms with Crippen molar-refractivity contribution < 1.29 is 0 Å². The van der Waals surface area contributed by atoms with Gasteiger partial charge in [0.1, 0.15) is 0 Å². The number of nitrogens with two attached hydrogens (primary N) is 1. The highest BCUT2D eigenvalue weighted by Gasteiger charge is 2.05. The summed E-state index contributed by atoms with van der Waals surface area (Å²) in [6.07, 6.45) is 4.94. The van der Waals surface area contributed by atoms with E-state index in [-0.39, 0.29) is 5.11 Å². The van der Waals surface area contributed by atoms with Gasteiger partial charge in [0.2, 0.25) is 0 Å². The molecule has 0 saturated carbocycles. The Morgan fingerprint density at radius 3 is 3.00 bits per heavy atom. The van der Waals surface area contributed by atoms with Crippen LogP contribution in [-0.4, -0.2) is 15.9 Å². The van der Waals surface area contributed by atoms with Gasteiger partial charge in [-0.3, -0.25) is 5.43 Å². The van der Waals surface area contributed by atoms with Crippen LogP contribution in [0.5, 0.6) is 0 Å². The third-order valence-electron chi connectivity index (χ3n) is 2.66. The molecule has 0 unspecified atom stereocenters. The van der Waals surface area contributed by atoms with Crippen LogP contribution in [-0.2, 0) is 6.54 Å². The zero-order chi connectivity index (χ0) is 13.0. The first-order chi connectivity index (χ1) is 8.72. The maximum Gasteiger partial charge on any atom is 0.184 e. The van der Waals surface area contributed by atoms with Crippen molar-refractivity contribution >= 4 is 34.4 Å². The zero-order valence-corrected chi connectivity index (χ0v) is 11.1. The van der Waals surface area contributed by atoms with Gasteiger partial charge in [0.05, 0.1) is 6.21 Å². The lowest BCUT2D eigenvalue weighted by Gasteiger charge is -2.00. The first kappa shape index (κ1) is 12.6. The van der Waals surface area contributed by atoms with Crippen LogP contribution < -0.4 is 11.2 Å². The number of nitrogens with one attached hydrogen (secondary N) is 1. The van der Waals surface area contributed by atoms with Gasteiger partial charge in [0.15, 0.2) is 5.11 Å². The molecule has 0 atom stereocenters. The second-order valence-corrected chi connectivity index (χ2v) is 4.47. The second-order valence-electron chi connectivity index (χ2n) is 4.03. The number of aromatic nitrogens is 1. The molecule has 94 valence electrons. The van der Waals surface area contributed by atoms with Gasteiger partial charge in [-0.15, -0.1) is 0 Å². The average molecular weight is 260 g/mol. The molecule has 2 rings (SSSR count). The number of para-hydroxylation sites is 1. The third-order valence-corrected chi connectivity index (χ3v) is 2.75. The van der Waals surface area contributed by atoms with Crippen LogP contribution in [0, 0.1) is 0 Å². The van der Waals surface area contributed by atoms with Crippen molar-refractivity contribution in [3.05, 3.63) is 36.0 Å². The molecule has 1 aromatic heterocycles. The molecule has 18 heavy (non-hydrogen) atoms. The van der Waals surface area contributed by atoms with E-state index in [1.807, 2.05) is 12.1 Å². The highest BCUT2D eigenvalue weighted by molar-refractivity contribution is 7.80. The van der Waals surface area contributed by atoms with Crippen LogP contribution in [0.3, 0.4) is 0 Å². The highest BCUT2D eigenvalue weighted by atomic mass is 32.1. The smallest absolute Gasteiger partial charge is 0.184 e. The first-order valence-electron chi connectivity index (χ1n) is 5.88. The van der Waals surface area contributed by atoms with Gasteiger partial charge in [-0.05, 0) is 24.7 Å². The van der Waals surface area contributed by atoms with E-state index < -0.39 is 0 Å². The van der Waals surface area contributed by atoms with Gasteiger partial charge in [-0.1, -0.05) is 25.1 Å². The molecule has 0 saturated heterocycles. The molecular weight excluding hydrogens is 244 g/mol. The molecule has 0 fully saturated rings. The van der Waals surface area contributed by atoms with Crippen molar-refractivity contribution in [2.45, 2.75) is 19.9 Å². The predicted molar refractivity (Wildman–Crippen MR) is 79.7 cm³/mol. The van der Waals surface area contributed by atoms with Crippen molar-refractivity contribution in [2.24, 2.45) is 10.8 Å². The van der Waals surface area contributed by atoms with Gasteiger partial charge >= 0.3 is 0 Å². The fourth-order valence-corrected chi connectivity index (χ4v) is 2.02. The number of thiocarbonyl (C=S) groups is 1. The minimum atomic E-state index is 0.170. The summed E-state index contributed by atoms with van der Waals surface area (Å²) in [5, 5.41) is 5.36. The number of hydrogen-bond donors (Lipinski definition) is 2. The van der Waals surface area contributed by atoms with Crippen LogP contribution >= 0.6 is 12.2 Å². The van der Waals surface area contributed by atoms with Crippen molar-refractivity contribution in [3.63, 3.8) is 0 Å². The summed E-state index contributed by atoms with van der Waals surface area (Å²) in [6, 6.07) is 8.27. The van der Waals surface area contributed by atoms with E-state index in [2.05, 4.69) is 40.3 Å². The summed E-state index contributed by atoms with van der Waals surface area (Å²) in [5.41, 5.74) is 10.2. The summed E-state index contributed by atoms with van der Waals surface area (Å²) in [7, 11) is 0. The lowest BCUT2D eigenvalue weighted by molar-refractivity contribution is 0.703. The van der Waals surface area contributed by atoms with Gasteiger partial charge in [-0.2, -0.15) is 5.10 Å². The molecule has 1 heterocycles. The number of nitrogens with zero attached hydrogens (tertiary/aromatic N) is 2. The third kappa shape index (κ3) is 2.68. The monoisotopic (exact) mass is 260 g/mol. The normalized spacial score (nSPS) is 11.2. The van der Waals surface area contributed by atoms with E-state index >= 15 is 0 Å². The summed E-state index contributed by atoms with van der Waals surface area (Å²) in [6.45, 7) is 3.16. The summed E-state index contributed by atoms with van der Waals surface area (Å²) in [5.74, 6) is 0. The van der Waals surface area contributed by atoms with E-state index in [0.717, 1.165) is 18.5 Å². The molecule has 5 heteroatoms. The van der Waals surface area contributed by atoms with E-state index in [4.69, 9.17) is 18.0 Å². The Morgan fingerprint density at radius 1 is 1.50 bits per heavy atom. The van der Waals surface area contributed by atoms with Crippen molar-refractivity contribution in [1.82, 2.24) is 9.99 Å². The SMILES string of the molecule is CCCn1cc(C=NNC(N)=S)c2ccccc21. The number of aryl methyl sites for hydroxylation is 1. The van der Waals surface area contributed by atoms with E-state index in [9.17, 15) is 0 Å². The maximum absolute atomic E-state index is 5.32. The molecule has 0 spiro atoms. The van der Waals surface area contributed by atoms with Crippen LogP contribution in [0.1, 0.15) is 18.9 Å². The summed E-state index contributed by atoms with van der Waals surface area (Å²) < 4.78 is 2.23. The molecule has 0 aliphatic heterocycles. The maximum atomic E-state index is 5.32. The van der Waals surface area contributed by atoms with Crippen LogP contribution in [0.2, 0.25) is 0 Å². The topological polar surface area (TPSA) is 55.3 Å². The average Bonchev–Trinajstić information content (AvgIpc) is 2.69. The molecule has 0 amide bonds. The van der Waals surface area contributed by atoms with Gasteiger partial charge in [0.25, 0.3) is 0 Å². The largest absolute Gasteiger partial charge is 0.375 e. The van der Waals surface area contributed by atoms with Gasteiger partial charge < -0.3 is 10.3 Å². The van der Waals surface area contributed by atoms with Crippen LogP contribution in [0.25, 0.3) is 10.9 Å². The Bertz CT molecular complexity index is 586. The molecule has 0 radical (unpaired) electrons. The van der Waals surface area contributed by atoms with E-state index in [0.29, 0.717) is 0 Å². The molecule has 3 N–H and O–H groups in total. The summed E-state index contributed by atoms with van der Waals surface area (Å²) >= 11 is 4.70. The number of rotatable bonds is 4. The Balaban J connectivity index is 2.38. The molecule has 1 aromatic carbocycles. The quantitative estimate of drug-likeness (QED) is 0.503. The second kappa shape index (κ2) is 5.64. The van der Waals surface area contributed by atoms with Crippen molar-refractivity contribution in [2.75, 3.05) is 0 Å². The molecule has 0 bridgehead atoms. The fraction of sp³-hybridized carbons (Fsp3) is 0.231. The minimum absolute atomic E-state index is 0.170. The highest BCUT2D eigenvalue weighted by Crippen LogP contribution is 2.20. The Kier molecular flexibility index (Phi) is 3.94. The fourth-order valence-electron chi connectivity index (χ4n) is 1.97. The number of fused-ring (bicyclic) bond motifs is 1. The molecule has 0 aliphatic carbocycles.